The summed E-state index contributed by atoms with van der Waals surface area (Å²) < 4.78 is 52.2. The van der Waals surface area contributed by atoms with Crippen LogP contribution in [-0.4, -0.2) is 29.9 Å². The van der Waals surface area contributed by atoms with Gasteiger partial charge in [0.25, 0.3) is 0 Å². The van der Waals surface area contributed by atoms with Gasteiger partial charge in [0.1, 0.15) is 11.3 Å². The number of imide groups is 1. The predicted molar refractivity (Wildman–Crippen MR) is 116 cm³/mol. The molecule has 1 saturated heterocycles. The second kappa shape index (κ2) is 10.4. The molecule has 0 aliphatic carbocycles. The molecule has 180 valence electrons. The highest BCUT2D eigenvalue weighted by Crippen LogP contribution is 2.40. The van der Waals surface area contributed by atoms with Gasteiger partial charge in [-0.2, -0.15) is 13.2 Å². The van der Waals surface area contributed by atoms with Gasteiger partial charge in [0.15, 0.2) is 0 Å². The number of carbonyl (C=O) groups is 2. The third-order valence-electron chi connectivity index (χ3n) is 5.66. The monoisotopic (exact) mass is 467 g/mol. The minimum Gasteiger partial charge on any atom is -0.493 e. The summed E-state index contributed by atoms with van der Waals surface area (Å²) in [6.45, 7) is 4.40. The molecule has 9 heteroatoms. The van der Waals surface area contributed by atoms with Gasteiger partial charge in [-0.05, 0) is 37.3 Å². The minimum atomic E-state index is -4.69. The number of nitrogens with zero attached hydrogens (tertiary/aromatic N) is 1. The van der Waals surface area contributed by atoms with E-state index in [0.717, 1.165) is 0 Å². The predicted octanol–water partition coefficient (Wildman–Crippen LogP) is 5.02. The Morgan fingerprint density at radius 2 is 1.67 bits per heavy atom. The fourth-order valence-corrected chi connectivity index (χ4v) is 4.17. The quantitative estimate of drug-likeness (QED) is 0.278. The Morgan fingerprint density at radius 3 is 2.27 bits per heavy atom. The Kier molecular flexibility index (Phi) is 7.81. The molecule has 0 atom stereocenters. The Hall–Kier alpha value is -2.84. The molecule has 1 aromatic heterocycles. The first-order valence-corrected chi connectivity index (χ1v) is 11.3. The molecule has 33 heavy (non-hydrogen) atoms. The average Bonchev–Trinajstić information content (AvgIpc) is 3.06. The molecule has 0 bridgehead atoms. The van der Waals surface area contributed by atoms with E-state index in [1.54, 1.807) is 0 Å². The number of benzene rings is 1. The first kappa shape index (κ1) is 24.8. The molecule has 0 saturated carbocycles. The lowest BCUT2D eigenvalue weighted by Gasteiger charge is -2.19. The van der Waals surface area contributed by atoms with Crippen LogP contribution in [-0.2, 0) is 28.6 Å². The van der Waals surface area contributed by atoms with Gasteiger partial charge in [-0.15, -0.1) is 0 Å². The summed E-state index contributed by atoms with van der Waals surface area (Å²) in [4.78, 5) is 36.6. The van der Waals surface area contributed by atoms with Crippen LogP contribution in [0.25, 0.3) is 11.0 Å². The topological polar surface area (TPSA) is 76.8 Å². The highest BCUT2D eigenvalue weighted by Gasteiger charge is 2.35. The first-order chi connectivity index (χ1) is 15.7. The van der Waals surface area contributed by atoms with Crippen LogP contribution >= 0.6 is 0 Å². The van der Waals surface area contributed by atoms with E-state index in [4.69, 9.17) is 9.15 Å². The molecule has 1 aliphatic heterocycles. The summed E-state index contributed by atoms with van der Waals surface area (Å²) in [6, 6.07) is 1.91. The third kappa shape index (κ3) is 5.57. The van der Waals surface area contributed by atoms with E-state index in [9.17, 15) is 27.6 Å². The zero-order chi connectivity index (χ0) is 24.2. The molecule has 1 fully saturated rings. The maximum absolute atomic E-state index is 13.6. The SMILES string of the molecule is CCCc1cc2c(C(F)(F)F)cc(=O)oc2c(CCC)c1OCCCCN1C(=O)CCC1=O. The Morgan fingerprint density at radius 1 is 1.00 bits per heavy atom. The van der Waals surface area contributed by atoms with Crippen molar-refractivity contribution in [1.29, 1.82) is 0 Å². The molecule has 1 aliphatic rings. The normalized spacial score (nSPS) is 14.5. The van der Waals surface area contributed by atoms with E-state index in [2.05, 4.69) is 0 Å². The van der Waals surface area contributed by atoms with E-state index >= 15 is 0 Å². The van der Waals surface area contributed by atoms with E-state index in [1.165, 1.54) is 11.0 Å². The van der Waals surface area contributed by atoms with Crippen LogP contribution in [0.1, 0.15) is 69.1 Å². The number of halogens is 3. The van der Waals surface area contributed by atoms with Crippen LogP contribution in [0.15, 0.2) is 21.3 Å². The molecule has 1 aromatic carbocycles. The molecular formula is C24H28F3NO5. The molecule has 0 N–H and O–H groups in total. The summed E-state index contributed by atoms with van der Waals surface area (Å²) in [5.74, 6) is 0.129. The zero-order valence-corrected chi connectivity index (χ0v) is 18.8. The van der Waals surface area contributed by atoms with Crippen molar-refractivity contribution in [2.24, 2.45) is 0 Å². The second-order valence-electron chi connectivity index (χ2n) is 8.19. The van der Waals surface area contributed by atoms with Crippen molar-refractivity contribution < 1.29 is 31.9 Å². The third-order valence-corrected chi connectivity index (χ3v) is 5.66. The Bertz CT molecular complexity index is 1070. The largest absolute Gasteiger partial charge is 0.493 e. The highest BCUT2D eigenvalue weighted by molar-refractivity contribution is 6.01. The lowest BCUT2D eigenvalue weighted by Crippen LogP contribution is -2.30. The molecule has 0 unspecified atom stereocenters. The van der Waals surface area contributed by atoms with Crippen molar-refractivity contribution in [1.82, 2.24) is 4.90 Å². The fraction of sp³-hybridized carbons (Fsp3) is 0.542. The van der Waals surface area contributed by atoms with Crippen LogP contribution in [0.5, 0.6) is 5.75 Å². The van der Waals surface area contributed by atoms with E-state index in [0.29, 0.717) is 68.0 Å². The average molecular weight is 467 g/mol. The smallest absolute Gasteiger partial charge is 0.417 e. The van der Waals surface area contributed by atoms with Crippen molar-refractivity contribution in [2.45, 2.75) is 71.4 Å². The van der Waals surface area contributed by atoms with Crippen LogP contribution in [0, 0.1) is 0 Å². The number of unbranched alkanes of at least 4 members (excludes halogenated alkanes) is 1. The van der Waals surface area contributed by atoms with Crippen molar-refractivity contribution in [3.8, 4) is 5.75 Å². The number of hydrogen-bond donors (Lipinski definition) is 0. The van der Waals surface area contributed by atoms with Gasteiger partial charge in [-0.1, -0.05) is 26.7 Å². The van der Waals surface area contributed by atoms with E-state index < -0.39 is 17.4 Å². The molecule has 0 spiro atoms. The summed E-state index contributed by atoms with van der Waals surface area (Å²) in [7, 11) is 0. The van der Waals surface area contributed by atoms with Gasteiger partial charge < -0.3 is 9.15 Å². The van der Waals surface area contributed by atoms with Gasteiger partial charge in [0.2, 0.25) is 11.8 Å². The first-order valence-electron chi connectivity index (χ1n) is 11.3. The molecule has 2 heterocycles. The van der Waals surface area contributed by atoms with Gasteiger partial charge in [-0.25, -0.2) is 4.79 Å². The second-order valence-corrected chi connectivity index (χ2v) is 8.19. The highest BCUT2D eigenvalue weighted by atomic mass is 19.4. The standard InChI is InChI=1S/C24H28F3NO5/c1-3-7-15-13-17-18(24(25,26)27)14-21(31)33-23(17)16(8-4-2)22(15)32-12-6-5-11-28-19(29)9-10-20(28)30/h13-14H,3-12H2,1-2H3. The lowest BCUT2D eigenvalue weighted by atomic mass is 9.96. The lowest BCUT2D eigenvalue weighted by molar-refractivity contribution is -0.138. The van der Waals surface area contributed by atoms with Gasteiger partial charge >= 0.3 is 11.8 Å². The number of rotatable bonds is 10. The van der Waals surface area contributed by atoms with Crippen molar-refractivity contribution in [2.75, 3.05) is 13.2 Å². The van der Waals surface area contributed by atoms with Crippen LogP contribution < -0.4 is 10.4 Å². The molecule has 0 radical (unpaired) electrons. The molecule has 2 aromatic rings. The number of aryl methyl sites for hydroxylation is 2. The van der Waals surface area contributed by atoms with Crippen LogP contribution in [0.3, 0.4) is 0 Å². The maximum atomic E-state index is 13.6. The summed E-state index contributed by atoms with van der Waals surface area (Å²) in [6.07, 6.45) is -0.849. The number of likely N-dealkylation sites (tertiary alicyclic amines) is 1. The summed E-state index contributed by atoms with van der Waals surface area (Å²) >= 11 is 0. The summed E-state index contributed by atoms with van der Waals surface area (Å²) in [5, 5.41) is -0.132. The Balaban J connectivity index is 1.90. The van der Waals surface area contributed by atoms with Crippen molar-refractivity contribution in [3.05, 3.63) is 39.2 Å². The number of carbonyl (C=O) groups excluding carboxylic acids is 2. The van der Waals surface area contributed by atoms with Crippen LogP contribution in [0.2, 0.25) is 0 Å². The van der Waals surface area contributed by atoms with Crippen molar-refractivity contribution in [3.63, 3.8) is 0 Å². The minimum absolute atomic E-state index is 0.0835. The van der Waals surface area contributed by atoms with Gasteiger partial charge in [0.05, 0.1) is 12.2 Å². The summed E-state index contributed by atoms with van der Waals surface area (Å²) in [5.41, 5.74) is -1.04. The number of amides is 2. The molecular weight excluding hydrogens is 439 g/mol. The van der Waals surface area contributed by atoms with E-state index in [1.807, 2.05) is 13.8 Å². The fourth-order valence-electron chi connectivity index (χ4n) is 4.17. The Labute approximate surface area is 189 Å². The van der Waals surface area contributed by atoms with E-state index in [-0.39, 0.29) is 42.2 Å². The van der Waals surface area contributed by atoms with Gasteiger partial charge in [-0.3, -0.25) is 14.5 Å². The molecule has 6 nitrogen and oxygen atoms in total. The molecule has 3 rings (SSSR count). The number of alkyl halides is 3. The molecule has 2 amide bonds. The maximum Gasteiger partial charge on any atom is 0.417 e. The number of ether oxygens (including phenoxy) is 1. The van der Waals surface area contributed by atoms with Crippen molar-refractivity contribution >= 4 is 22.8 Å². The van der Waals surface area contributed by atoms with Crippen LogP contribution in [0.4, 0.5) is 13.2 Å². The number of hydrogen-bond acceptors (Lipinski definition) is 5. The zero-order valence-electron chi connectivity index (χ0n) is 18.8. The number of fused-ring (bicyclic) bond motifs is 1. The van der Waals surface area contributed by atoms with Gasteiger partial charge in [0, 0.05) is 36.4 Å².